The molecule has 1 fully saturated rings. The fourth-order valence-electron chi connectivity index (χ4n) is 3.02. The highest BCUT2D eigenvalue weighted by Gasteiger charge is 2.36. The summed E-state index contributed by atoms with van der Waals surface area (Å²) >= 11 is 0. The Hall–Kier alpha value is -0.900. The number of benzene rings is 1. The minimum atomic E-state index is -0.460. The Morgan fingerprint density at radius 1 is 1.30 bits per heavy atom. The van der Waals surface area contributed by atoms with Crippen LogP contribution in [0.4, 0.5) is 0 Å². The van der Waals surface area contributed by atoms with E-state index in [0.717, 1.165) is 31.7 Å². The van der Waals surface area contributed by atoms with Gasteiger partial charge in [-0.3, -0.25) is 4.90 Å². The van der Waals surface area contributed by atoms with Crippen LogP contribution in [0, 0.1) is 0 Å². The van der Waals surface area contributed by atoms with Crippen LogP contribution in [-0.2, 0) is 11.2 Å². The summed E-state index contributed by atoms with van der Waals surface area (Å²) in [6.45, 7) is 10.9. The fourth-order valence-corrected chi connectivity index (χ4v) is 3.02. The molecule has 0 saturated carbocycles. The molecule has 0 radical (unpaired) electrons. The molecule has 0 aromatic heterocycles. The van der Waals surface area contributed by atoms with Gasteiger partial charge >= 0.3 is 0 Å². The van der Waals surface area contributed by atoms with Crippen LogP contribution in [0.15, 0.2) is 24.3 Å². The van der Waals surface area contributed by atoms with E-state index < -0.39 is 6.10 Å². The molecule has 1 aromatic carbocycles. The first-order valence-electron chi connectivity index (χ1n) is 7.57. The molecule has 1 saturated heterocycles. The quantitative estimate of drug-likeness (QED) is 0.918. The summed E-state index contributed by atoms with van der Waals surface area (Å²) in [5.41, 5.74) is 2.28. The van der Waals surface area contributed by atoms with Crippen molar-refractivity contribution < 1.29 is 9.84 Å². The van der Waals surface area contributed by atoms with Gasteiger partial charge in [0.05, 0.1) is 19.3 Å². The van der Waals surface area contributed by atoms with Crippen molar-refractivity contribution >= 4 is 0 Å². The highest BCUT2D eigenvalue weighted by molar-refractivity contribution is 5.25. The summed E-state index contributed by atoms with van der Waals surface area (Å²) in [6.07, 6.45) is 0.570. The maximum Gasteiger partial charge on any atom is 0.0942 e. The standard InChI is InChI=1S/C17H27NO2/c1-5-14-6-8-15(9-7-14)16(19)13(2)18-10-11-20-12-17(18,3)4/h6-9,13,16,19H,5,10-12H2,1-4H3. The van der Waals surface area contributed by atoms with Crippen molar-refractivity contribution in [2.45, 2.75) is 51.8 Å². The molecule has 20 heavy (non-hydrogen) atoms. The molecule has 1 aliphatic heterocycles. The van der Waals surface area contributed by atoms with Crippen LogP contribution in [-0.4, -0.2) is 41.3 Å². The number of aliphatic hydroxyl groups excluding tert-OH is 1. The summed E-state index contributed by atoms with van der Waals surface area (Å²) in [5.74, 6) is 0. The van der Waals surface area contributed by atoms with E-state index in [2.05, 4.69) is 44.7 Å². The molecule has 1 heterocycles. The summed E-state index contributed by atoms with van der Waals surface area (Å²) in [6, 6.07) is 8.40. The molecular weight excluding hydrogens is 250 g/mol. The number of nitrogens with zero attached hydrogens (tertiary/aromatic N) is 1. The normalized spacial score (nSPS) is 22.4. The van der Waals surface area contributed by atoms with Gasteiger partial charge in [-0.05, 0) is 38.3 Å². The van der Waals surface area contributed by atoms with Crippen LogP contribution < -0.4 is 0 Å². The molecule has 0 aliphatic carbocycles. The second-order valence-corrected chi connectivity index (χ2v) is 6.34. The van der Waals surface area contributed by atoms with Crippen LogP contribution in [0.3, 0.4) is 0 Å². The van der Waals surface area contributed by atoms with Crippen molar-refractivity contribution in [1.82, 2.24) is 4.90 Å². The first kappa shape index (κ1) is 15.5. The van der Waals surface area contributed by atoms with Gasteiger partial charge in [-0.15, -0.1) is 0 Å². The fraction of sp³-hybridized carbons (Fsp3) is 0.647. The average Bonchev–Trinajstić information content (AvgIpc) is 2.45. The van der Waals surface area contributed by atoms with Crippen LogP contribution in [0.2, 0.25) is 0 Å². The van der Waals surface area contributed by atoms with E-state index in [-0.39, 0.29) is 11.6 Å². The number of aliphatic hydroxyl groups is 1. The van der Waals surface area contributed by atoms with Crippen LogP contribution in [0.25, 0.3) is 0 Å². The van der Waals surface area contributed by atoms with E-state index in [1.807, 2.05) is 12.1 Å². The van der Waals surface area contributed by atoms with Gasteiger partial charge < -0.3 is 9.84 Å². The highest BCUT2D eigenvalue weighted by atomic mass is 16.5. The zero-order valence-corrected chi connectivity index (χ0v) is 13.1. The maximum atomic E-state index is 10.7. The zero-order chi connectivity index (χ0) is 14.8. The molecule has 3 heteroatoms. The molecule has 1 N–H and O–H groups in total. The van der Waals surface area contributed by atoms with Gasteiger partial charge in [-0.25, -0.2) is 0 Å². The van der Waals surface area contributed by atoms with E-state index in [1.54, 1.807) is 0 Å². The van der Waals surface area contributed by atoms with Crippen LogP contribution in [0.1, 0.15) is 44.9 Å². The summed E-state index contributed by atoms with van der Waals surface area (Å²) in [7, 11) is 0. The van der Waals surface area contributed by atoms with Gasteiger partial charge in [0.1, 0.15) is 0 Å². The van der Waals surface area contributed by atoms with Crippen molar-refractivity contribution in [3.63, 3.8) is 0 Å². The molecular formula is C17H27NO2. The third-order valence-electron chi connectivity index (χ3n) is 4.39. The van der Waals surface area contributed by atoms with Crippen molar-refractivity contribution in [3.8, 4) is 0 Å². The Morgan fingerprint density at radius 3 is 2.50 bits per heavy atom. The average molecular weight is 277 g/mol. The third-order valence-corrected chi connectivity index (χ3v) is 4.39. The topological polar surface area (TPSA) is 32.7 Å². The van der Waals surface area contributed by atoms with Gasteiger partial charge in [-0.1, -0.05) is 31.2 Å². The Balaban J connectivity index is 2.12. The minimum absolute atomic E-state index is 0.0258. The lowest BCUT2D eigenvalue weighted by Gasteiger charge is -2.46. The number of hydrogen-bond acceptors (Lipinski definition) is 3. The van der Waals surface area contributed by atoms with E-state index in [9.17, 15) is 5.11 Å². The molecule has 112 valence electrons. The Kier molecular flexibility index (Phi) is 4.84. The predicted octanol–water partition coefficient (Wildman–Crippen LogP) is 2.78. The number of aryl methyl sites for hydroxylation is 1. The van der Waals surface area contributed by atoms with Crippen LogP contribution in [0.5, 0.6) is 0 Å². The Bertz CT molecular complexity index is 427. The molecule has 0 spiro atoms. The van der Waals surface area contributed by atoms with Gasteiger partial charge in [0.25, 0.3) is 0 Å². The number of morpholine rings is 1. The molecule has 0 amide bonds. The monoisotopic (exact) mass is 277 g/mol. The second-order valence-electron chi connectivity index (χ2n) is 6.34. The Labute approximate surface area is 122 Å². The van der Waals surface area contributed by atoms with Crippen molar-refractivity contribution in [3.05, 3.63) is 35.4 Å². The molecule has 1 aromatic rings. The lowest BCUT2D eigenvalue weighted by atomic mass is 9.94. The smallest absolute Gasteiger partial charge is 0.0942 e. The van der Waals surface area contributed by atoms with Crippen LogP contribution >= 0.6 is 0 Å². The second kappa shape index (κ2) is 6.25. The number of hydrogen-bond donors (Lipinski definition) is 1. The number of rotatable bonds is 4. The lowest BCUT2D eigenvalue weighted by molar-refractivity contribution is -0.0925. The van der Waals surface area contributed by atoms with E-state index in [1.165, 1.54) is 5.56 Å². The van der Waals surface area contributed by atoms with Gasteiger partial charge in [0.2, 0.25) is 0 Å². The highest BCUT2D eigenvalue weighted by Crippen LogP contribution is 2.29. The summed E-state index contributed by atoms with van der Waals surface area (Å²) in [5, 5.41) is 10.7. The molecule has 2 atom stereocenters. The first-order chi connectivity index (χ1) is 9.45. The summed E-state index contributed by atoms with van der Waals surface area (Å²) in [4.78, 5) is 2.36. The van der Waals surface area contributed by atoms with Crippen molar-refractivity contribution in [2.75, 3.05) is 19.8 Å². The third kappa shape index (κ3) is 3.22. The van der Waals surface area contributed by atoms with E-state index in [4.69, 9.17) is 4.74 Å². The SMILES string of the molecule is CCc1ccc(C(O)C(C)N2CCOCC2(C)C)cc1. The van der Waals surface area contributed by atoms with Crippen molar-refractivity contribution in [2.24, 2.45) is 0 Å². The van der Waals surface area contributed by atoms with Gasteiger partial charge in [0.15, 0.2) is 0 Å². The molecule has 3 nitrogen and oxygen atoms in total. The zero-order valence-electron chi connectivity index (χ0n) is 13.1. The van der Waals surface area contributed by atoms with Crippen molar-refractivity contribution in [1.29, 1.82) is 0 Å². The molecule has 2 rings (SSSR count). The molecule has 1 aliphatic rings. The first-order valence-corrected chi connectivity index (χ1v) is 7.57. The maximum absolute atomic E-state index is 10.7. The minimum Gasteiger partial charge on any atom is -0.387 e. The molecule has 0 bridgehead atoms. The summed E-state index contributed by atoms with van der Waals surface area (Å²) < 4.78 is 5.56. The van der Waals surface area contributed by atoms with Gasteiger partial charge in [0, 0.05) is 18.1 Å². The van der Waals surface area contributed by atoms with E-state index >= 15 is 0 Å². The number of ether oxygens (including phenoxy) is 1. The largest absolute Gasteiger partial charge is 0.387 e. The predicted molar refractivity (Wildman–Crippen MR) is 81.8 cm³/mol. The Morgan fingerprint density at radius 2 is 1.95 bits per heavy atom. The van der Waals surface area contributed by atoms with E-state index in [0.29, 0.717) is 0 Å². The lowest BCUT2D eigenvalue weighted by Crippen LogP contribution is -2.57. The molecule has 2 unspecified atom stereocenters. The van der Waals surface area contributed by atoms with Gasteiger partial charge in [-0.2, -0.15) is 0 Å².